The molecule has 5 rings (SSSR count). The first-order chi connectivity index (χ1) is 12.6. The Hall–Kier alpha value is -2.97. The maximum absolute atomic E-state index is 13.1. The van der Waals surface area contributed by atoms with Crippen LogP contribution in [0, 0.1) is 0 Å². The summed E-state index contributed by atoms with van der Waals surface area (Å²) in [5.74, 6) is 0. The van der Waals surface area contributed by atoms with Crippen LogP contribution in [-0.2, 0) is 0 Å². The van der Waals surface area contributed by atoms with Crippen LogP contribution in [0.4, 0.5) is 10.4 Å². The SMILES string of the molecule is Nc1nc2cc(-c3ccc4ncc(C(O)N5CC(F)C5)n4c3)ccc2o1. The molecule has 0 amide bonds. The monoisotopic (exact) mass is 353 g/mol. The number of nitrogens with zero attached hydrogens (tertiary/aromatic N) is 4. The summed E-state index contributed by atoms with van der Waals surface area (Å²) in [5.41, 5.74) is 10.1. The van der Waals surface area contributed by atoms with Crippen molar-refractivity contribution in [3.05, 3.63) is 48.4 Å². The lowest BCUT2D eigenvalue weighted by Gasteiger charge is -2.37. The number of nitrogen functional groups attached to an aromatic ring is 1. The number of aliphatic hydroxyl groups is 1. The van der Waals surface area contributed by atoms with Gasteiger partial charge in [0, 0.05) is 19.3 Å². The van der Waals surface area contributed by atoms with Gasteiger partial charge in [0.15, 0.2) is 11.8 Å². The van der Waals surface area contributed by atoms with Crippen LogP contribution in [0.3, 0.4) is 0 Å². The van der Waals surface area contributed by atoms with Crippen molar-refractivity contribution in [1.29, 1.82) is 0 Å². The molecule has 1 fully saturated rings. The third-order valence-corrected chi connectivity index (χ3v) is 4.75. The van der Waals surface area contributed by atoms with Crippen molar-refractivity contribution in [2.75, 3.05) is 18.8 Å². The predicted molar refractivity (Wildman–Crippen MR) is 94.0 cm³/mol. The van der Waals surface area contributed by atoms with Gasteiger partial charge in [-0.25, -0.2) is 9.37 Å². The van der Waals surface area contributed by atoms with Crippen LogP contribution in [0.15, 0.2) is 47.1 Å². The summed E-state index contributed by atoms with van der Waals surface area (Å²) in [5, 5.41) is 10.5. The van der Waals surface area contributed by atoms with Gasteiger partial charge in [0.2, 0.25) is 0 Å². The first kappa shape index (κ1) is 15.3. The third kappa shape index (κ3) is 2.34. The Bertz CT molecular complexity index is 1120. The molecule has 1 aliphatic rings. The molecule has 7 nitrogen and oxygen atoms in total. The molecule has 1 unspecified atom stereocenters. The summed E-state index contributed by atoms with van der Waals surface area (Å²) in [6, 6.07) is 9.60. The van der Waals surface area contributed by atoms with Crippen LogP contribution in [0.2, 0.25) is 0 Å². The predicted octanol–water partition coefficient (Wildman–Crippen LogP) is 2.37. The van der Waals surface area contributed by atoms with Crippen LogP contribution in [0.25, 0.3) is 27.9 Å². The summed E-state index contributed by atoms with van der Waals surface area (Å²) in [6.07, 6.45) is 1.76. The fraction of sp³-hybridized carbons (Fsp3) is 0.222. The molecule has 4 heterocycles. The topological polar surface area (TPSA) is 92.8 Å². The highest BCUT2D eigenvalue weighted by atomic mass is 19.1. The Morgan fingerprint density at radius 2 is 2.04 bits per heavy atom. The molecule has 3 aromatic heterocycles. The molecule has 0 aliphatic carbocycles. The lowest BCUT2D eigenvalue weighted by Crippen LogP contribution is -2.50. The maximum Gasteiger partial charge on any atom is 0.292 e. The van der Waals surface area contributed by atoms with E-state index in [4.69, 9.17) is 10.2 Å². The van der Waals surface area contributed by atoms with E-state index >= 15 is 0 Å². The number of anilines is 1. The molecule has 0 saturated carbocycles. The van der Waals surface area contributed by atoms with Crippen molar-refractivity contribution >= 4 is 22.8 Å². The molecule has 132 valence electrons. The Labute approximate surface area is 147 Å². The zero-order valence-corrected chi connectivity index (χ0v) is 13.7. The van der Waals surface area contributed by atoms with E-state index in [9.17, 15) is 9.50 Å². The zero-order valence-electron chi connectivity index (χ0n) is 13.7. The summed E-state index contributed by atoms with van der Waals surface area (Å²) in [7, 11) is 0. The molecule has 1 aromatic carbocycles. The van der Waals surface area contributed by atoms with E-state index in [1.165, 1.54) is 0 Å². The molecule has 1 saturated heterocycles. The molecule has 4 aromatic rings. The van der Waals surface area contributed by atoms with Crippen molar-refractivity contribution in [3.63, 3.8) is 0 Å². The molecule has 0 radical (unpaired) electrons. The Morgan fingerprint density at radius 3 is 2.85 bits per heavy atom. The molecule has 3 N–H and O–H groups in total. The first-order valence-electron chi connectivity index (χ1n) is 8.28. The number of aliphatic hydroxyl groups excluding tert-OH is 1. The van der Waals surface area contributed by atoms with Crippen molar-refractivity contribution in [2.24, 2.45) is 0 Å². The van der Waals surface area contributed by atoms with E-state index in [0.717, 1.165) is 11.1 Å². The number of alkyl halides is 1. The zero-order chi connectivity index (χ0) is 17.8. The largest absolute Gasteiger partial charge is 0.424 e. The number of imidazole rings is 1. The van der Waals surface area contributed by atoms with Gasteiger partial charge in [-0.1, -0.05) is 6.07 Å². The quantitative estimate of drug-likeness (QED) is 0.587. The van der Waals surface area contributed by atoms with E-state index in [0.29, 0.717) is 22.4 Å². The van der Waals surface area contributed by atoms with Crippen LogP contribution in [0.1, 0.15) is 11.9 Å². The molecular weight excluding hydrogens is 337 g/mol. The Balaban J connectivity index is 1.56. The third-order valence-electron chi connectivity index (χ3n) is 4.75. The Kier molecular flexibility index (Phi) is 3.25. The van der Waals surface area contributed by atoms with Gasteiger partial charge in [-0.2, -0.15) is 4.98 Å². The highest BCUT2D eigenvalue weighted by molar-refractivity contribution is 5.81. The fourth-order valence-electron chi connectivity index (χ4n) is 3.33. The van der Waals surface area contributed by atoms with Crippen molar-refractivity contribution in [1.82, 2.24) is 19.3 Å². The summed E-state index contributed by atoms with van der Waals surface area (Å²) in [6.45, 7) is 0.469. The first-order valence-corrected chi connectivity index (χ1v) is 8.28. The smallest absolute Gasteiger partial charge is 0.292 e. The van der Waals surface area contributed by atoms with Gasteiger partial charge < -0.3 is 15.3 Å². The molecule has 1 atom stereocenters. The Morgan fingerprint density at radius 1 is 1.23 bits per heavy atom. The second-order valence-corrected chi connectivity index (χ2v) is 6.49. The summed E-state index contributed by atoms with van der Waals surface area (Å²) >= 11 is 0. The van der Waals surface area contributed by atoms with Crippen LogP contribution < -0.4 is 5.73 Å². The average Bonchev–Trinajstić information content (AvgIpc) is 3.19. The number of fused-ring (bicyclic) bond motifs is 2. The van der Waals surface area contributed by atoms with Gasteiger partial charge >= 0.3 is 0 Å². The number of aromatic nitrogens is 3. The molecule has 0 spiro atoms. The summed E-state index contributed by atoms with van der Waals surface area (Å²) in [4.78, 5) is 10.2. The minimum Gasteiger partial charge on any atom is -0.424 e. The summed E-state index contributed by atoms with van der Waals surface area (Å²) < 4.78 is 20.2. The van der Waals surface area contributed by atoms with E-state index in [1.807, 2.05) is 40.9 Å². The lowest BCUT2D eigenvalue weighted by atomic mass is 10.1. The number of likely N-dealkylation sites (tertiary alicyclic amines) is 1. The van der Waals surface area contributed by atoms with E-state index in [2.05, 4.69) is 9.97 Å². The number of hydrogen-bond donors (Lipinski definition) is 2. The van der Waals surface area contributed by atoms with Crippen molar-refractivity contribution < 1.29 is 13.9 Å². The fourth-order valence-corrected chi connectivity index (χ4v) is 3.33. The van der Waals surface area contributed by atoms with E-state index in [1.54, 1.807) is 11.1 Å². The molecular formula is C18H16FN5O2. The normalized spacial score (nSPS) is 17.0. The highest BCUT2D eigenvalue weighted by Crippen LogP contribution is 2.29. The van der Waals surface area contributed by atoms with E-state index in [-0.39, 0.29) is 19.1 Å². The molecule has 26 heavy (non-hydrogen) atoms. The standard InChI is InChI=1S/C18H16FN5O2/c19-12-8-23(9-12)17(25)14-6-21-16-4-2-11(7-24(14)16)10-1-3-15-13(5-10)22-18(20)26-15/h1-7,12,17,25H,8-9H2,(H2,20,22). The number of benzene rings is 1. The second kappa shape index (κ2) is 5.52. The number of halogens is 1. The minimum atomic E-state index is -0.884. The molecule has 1 aliphatic heterocycles. The molecule has 0 bridgehead atoms. The minimum absolute atomic E-state index is 0.133. The van der Waals surface area contributed by atoms with Crippen LogP contribution in [0.5, 0.6) is 0 Å². The maximum atomic E-state index is 13.1. The van der Waals surface area contributed by atoms with Crippen molar-refractivity contribution in [3.8, 4) is 11.1 Å². The average molecular weight is 353 g/mol. The van der Waals surface area contributed by atoms with Gasteiger partial charge in [-0.15, -0.1) is 0 Å². The van der Waals surface area contributed by atoms with Crippen molar-refractivity contribution in [2.45, 2.75) is 12.4 Å². The number of nitrogens with two attached hydrogens (primary N) is 1. The highest BCUT2D eigenvalue weighted by Gasteiger charge is 2.33. The van der Waals surface area contributed by atoms with E-state index < -0.39 is 12.4 Å². The van der Waals surface area contributed by atoms with Crippen LogP contribution >= 0.6 is 0 Å². The molecule has 8 heteroatoms. The van der Waals surface area contributed by atoms with Gasteiger partial charge in [0.05, 0.1) is 11.9 Å². The van der Waals surface area contributed by atoms with Gasteiger partial charge in [-0.3, -0.25) is 9.30 Å². The van der Waals surface area contributed by atoms with Gasteiger partial charge in [0.25, 0.3) is 6.01 Å². The number of rotatable bonds is 3. The number of oxazole rings is 1. The lowest BCUT2D eigenvalue weighted by molar-refractivity contribution is -0.0781. The van der Waals surface area contributed by atoms with Crippen LogP contribution in [-0.4, -0.2) is 43.6 Å². The second-order valence-electron chi connectivity index (χ2n) is 6.49. The van der Waals surface area contributed by atoms with Gasteiger partial charge in [-0.05, 0) is 35.4 Å². The number of pyridine rings is 1. The van der Waals surface area contributed by atoms with Gasteiger partial charge in [0.1, 0.15) is 17.3 Å². The number of hydrogen-bond acceptors (Lipinski definition) is 6.